The lowest BCUT2D eigenvalue weighted by Gasteiger charge is -2.39. The van der Waals surface area contributed by atoms with E-state index in [2.05, 4.69) is 15.4 Å². The Morgan fingerprint density at radius 3 is 2.74 bits per heavy atom. The molecule has 0 saturated carbocycles. The van der Waals surface area contributed by atoms with Crippen molar-refractivity contribution in [2.45, 2.75) is 0 Å². The second-order valence-corrected chi connectivity index (χ2v) is 5.23. The van der Waals surface area contributed by atoms with Gasteiger partial charge in [0.05, 0.1) is 5.92 Å². The Kier molecular flexibility index (Phi) is 4.05. The number of nitrogens with zero attached hydrogens (tertiary/aromatic N) is 4. The molecule has 118 valence electrons. The second-order valence-electron chi connectivity index (χ2n) is 5.23. The molecule has 0 atom stereocenters. The van der Waals surface area contributed by atoms with Gasteiger partial charge < -0.3 is 16.0 Å². The number of nitrogens with two attached hydrogens (primary N) is 1. The van der Waals surface area contributed by atoms with Crippen molar-refractivity contribution in [3.63, 3.8) is 0 Å². The normalized spacial score (nSPS) is 15.1. The average molecular weight is 311 g/mol. The number of aromatic nitrogens is 3. The fourth-order valence-electron chi connectivity index (χ4n) is 2.24. The Balaban J connectivity index is 1.51. The van der Waals surface area contributed by atoms with Gasteiger partial charge in [-0.05, 0) is 18.2 Å². The topological polar surface area (TPSA) is 113 Å². The van der Waals surface area contributed by atoms with Crippen molar-refractivity contribution in [2.75, 3.05) is 18.4 Å². The molecule has 0 spiro atoms. The number of rotatable bonds is 4. The van der Waals surface area contributed by atoms with Crippen LogP contribution in [0.5, 0.6) is 0 Å². The number of carbonyl (C=O) groups is 1. The van der Waals surface area contributed by atoms with Crippen molar-refractivity contribution < 1.29 is 4.79 Å². The van der Waals surface area contributed by atoms with Gasteiger partial charge in [-0.15, -0.1) is 0 Å². The van der Waals surface area contributed by atoms with Gasteiger partial charge in [0.1, 0.15) is 11.7 Å². The molecule has 2 aromatic heterocycles. The molecule has 3 heterocycles. The molecule has 0 aromatic carbocycles. The summed E-state index contributed by atoms with van der Waals surface area (Å²) in [7, 11) is 0. The minimum Gasteiger partial charge on any atom is -0.384 e. The Morgan fingerprint density at radius 1 is 1.35 bits per heavy atom. The van der Waals surface area contributed by atoms with Crippen LogP contribution in [0.3, 0.4) is 0 Å². The van der Waals surface area contributed by atoms with E-state index in [-0.39, 0.29) is 17.7 Å². The van der Waals surface area contributed by atoms with Crippen molar-refractivity contribution in [2.24, 2.45) is 11.7 Å². The van der Waals surface area contributed by atoms with Crippen LogP contribution in [0.15, 0.2) is 49.1 Å². The first-order valence-corrected chi connectivity index (χ1v) is 7.15. The third-order valence-electron chi connectivity index (χ3n) is 3.59. The molecule has 0 unspecified atom stereocenters. The Bertz CT molecular complexity index is 718. The number of carbonyl (C=O) groups excluding carboxylic acids is 1. The Labute approximate surface area is 133 Å². The van der Waals surface area contributed by atoms with Crippen LogP contribution < -0.4 is 11.1 Å². The summed E-state index contributed by atoms with van der Waals surface area (Å²) >= 11 is 0. The third kappa shape index (κ3) is 3.37. The highest BCUT2D eigenvalue weighted by molar-refractivity contribution is 5.98. The third-order valence-corrected chi connectivity index (χ3v) is 3.59. The van der Waals surface area contributed by atoms with Crippen molar-refractivity contribution in [3.8, 4) is 0 Å². The number of anilines is 1. The standard InChI is InChI=1S/C15H17N7O/c16-13(8-14(17)22-7-1-4-19-22)21-9-11(10-21)15(23)20-12-2-5-18-6-3-12/h1-8,11,16H,9-10,17H2,(H,18,20,23). The van der Waals surface area contributed by atoms with E-state index in [4.69, 9.17) is 11.1 Å². The highest BCUT2D eigenvalue weighted by atomic mass is 16.2. The monoisotopic (exact) mass is 311 g/mol. The number of likely N-dealkylation sites (tertiary alicyclic amines) is 1. The van der Waals surface area contributed by atoms with E-state index in [1.165, 1.54) is 10.8 Å². The highest BCUT2D eigenvalue weighted by Gasteiger charge is 2.33. The fourth-order valence-corrected chi connectivity index (χ4v) is 2.24. The lowest BCUT2D eigenvalue weighted by molar-refractivity contribution is -0.123. The van der Waals surface area contributed by atoms with Crippen LogP contribution >= 0.6 is 0 Å². The maximum atomic E-state index is 12.1. The van der Waals surface area contributed by atoms with Gasteiger partial charge in [0.15, 0.2) is 0 Å². The van der Waals surface area contributed by atoms with Crippen LogP contribution in [0, 0.1) is 11.3 Å². The molecule has 1 amide bonds. The van der Waals surface area contributed by atoms with Crippen LogP contribution in [0.2, 0.25) is 0 Å². The first kappa shape index (κ1) is 14.8. The summed E-state index contributed by atoms with van der Waals surface area (Å²) in [6, 6.07) is 5.24. The fraction of sp³-hybridized carbons (Fsp3) is 0.200. The molecule has 1 aliphatic heterocycles. The van der Waals surface area contributed by atoms with E-state index >= 15 is 0 Å². The molecule has 1 saturated heterocycles. The van der Waals surface area contributed by atoms with Gasteiger partial charge in [0, 0.05) is 49.6 Å². The predicted molar refractivity (Wildman–Crippen MR) is 86.3 cm³/mol. The lowest BCUT2D eigenvalue weighted by atomic mass is 9.98. The van der Waals surface area contributed by atoms with Crippen LogP contribution in [0.4, 0.5) is 5.69 Å². The van der Waals surface area contributed by atoms with Gasteiger partial charge in [-0.3, -0.25) is 15.2 Å². The molecule has 0 aliphatic carbocycles. The highest BCUT2D eigenvalue weighted by Crippen LogP contribution is 2.18. The molecule has 1 fully saturated rings. The van der Waals surface area contributed by atoms with E-state index < -0.39 is 0 Å². The molecule has 0 radical (unpaired) electrons. The SMILES string of the molecule is N=C(C=C(N)n1cccn1)N1CC(C(=O)Nc2ccncc2)C1. The summed E-state index contributed by atoms with van der Waals surface area (Å²) in [6.45, 7) is 0.997. The van der Waals surface area contributed by atoms with Crippen LogP contribution in [-0.2, 0) is 4.79 Å². The zero-order valence-electron chi connectivity index (χ0n) is 12.4. The number of amidine groups is 1. The van der Waals surface area contributed by atoms with Crippen molar-refractivity contribution in [3.05, 3.63) is 49.1 Å². The first-order chi connectivity index (χ1) is 11.1. The molecule has 0 bridgehead atoms. The molecule has 4 N–H and O–H groups in total. The molecule has 8 nitrogen and oxygen atoms in total. The van der Waals surface area contributed by atoms with Crippen LogP contribution in [0.25, 0.3) is 5.82 Å². The smallest absolute Gasteiger partial charge is 0.231 e. The van der Waals surface area contributed by atoms with E-state index in [1.54, 1.807) is 47.9 Å². The van der Waals surface area contributed by atoms with Crippen LogP contribution in [0.1, 0.15) is 0 Å². The van der Waals surface area contributed by atoms with Gasteiger partial charge in [-0.25, -0.2) is 4.68 Å². The number of pyridine rings is 1. The molecular formula is C15H17N7O. The summed E-state index contributed by atoms with van der Waals surface area (Å²) < 4.78 is 1.49. The van der Waals surface area contributed by atoms with E-state index in [0.29, 0.717) is 18.9 Å². The molecule has 1 aliphatic rings. The van der Waals surface area contributed by atoms with Gasteiger partial charge in [-0.2, -0.15) is 5.10 Å². The number of hydrogen-bond acceptors (Lipinski definition) is 5. The number of hydrogen-bond donors (Lipinski definition) is 3. The first-order valence-electron chi connectivity index (χ1n) is 7.15. The average Bonchev–Trinajstić information content (AvgIpc) is 3.00. The lowest BCUT2D eigenvalue weighted by Crippen LogP contribution is -2.53. The van der Waals surface area contributed by atoms with E-state index in [9.17, 15) is 4.79 Å². The molecule has 2 aromatic rings. The summed E-state index contributed by atoms with van der Waals surface area (Å²) in [4.78, 5) is 17.8. The summed E-state index contributed by atoms with van der Waals surface area (Å²) in [5.41, 5.74) is 6.59. The quantitative estimate of drug-likeness (QED) is 0.565. The van der Waals surface area contributed by atoms with Gasteiger partial charge in [-0.1, -0.05) is 0 Å². The molecular weight excluding hydrogens is 294 g/mol. The van der Waals surface area contributed by atoms with Gasteiger partial charge >= 0.3 is 0 Å². The van der Waals surface area contributed by atoms with Crippen molar-refractivity contribution >= 4 is 23.3 Å². The van der Waals surface area contributed by atoms with Crippen molar-refractivity contribution in [1.82, 2.24) is 19.7 Å². The predicted octanol–water partition coefficient (Wildman–Crippen LogP) is 0.583. The van der Waals surface area contributed by atoms with Gasteiger partial charge in [0.2, 0.25) is 5.91 Å². The minimum absolute atomic E-state index is 0.0516. The largest absolute Gasteiger partial charge is 0.384 e. The second kappa shape index (κ2) is 6.30. The molecule has 8 heteroatoms. The van der Waals surface area contributed by atoms with E-state index in [1.807, 2.05) is 0 Å². The molecule has 23 heavy (non-hydrogen) atoms. The summed E-state index contributed by atoms with van der Waals surface area (Å²) in [6.07, 6.45) is 8.11. The number of amides is 1. The minimum atomic E-state index is -0.136. The van der Waals surface area contributed by atoms with E-state index in [0.717, 1.165) is 5.69 Å². The summed E-state index contributed by atoms with van der Waals surface area (Å²) in [5.74, 6) is 0.447. The number of nitrogens with one attached hydrogen (secondary N) is 2. The van der Waals surface area contributed by atoms with Crippen molar-refractivity contribution in [1.29, 1.82) is 5.41 Å². The summed E-state index contributed by atoms with van der Waals surface area (Å²) in [5, 5.41) is 14.9. The maximum Gasteiger partial charge on any atom is 0.231 e. The Morgan fingerprint density at radius 2 is 2.09 bits per heavy atom. The zero-order valence-corrected chi connectivity index (χ0v) is 12.4. The Hall–Kier alpha value is -3.16. The van der Waals surface area contributed by atoms with Crippen LogP contribution in [-0.4, -0.2) is 44.5 Å². The zero-order chi connectivity index (χ0) is 16.2. The maximum absolute atomic E-state index is 12.1. The van der Waals surface area contributed by atoms with Gasteiger partial charge in [0.25, 0.3) is 0 Å². The molecule has 3 rings (SSSR count).